The number of Topliss-reactive ketones (excluding diaryl/α,β-unsaturated/α-hetero) is 1. The van der Waals surface area contributed by atoms with Gasteiger partial charge in [-0.2, -0.15) is 0 Å². The molecule has 9 heteroatoms. The summed E-state index contributed by atoms with van der Waals surface area (Å²) in [5.41, 5.74) is 4.85. The summed E-state index contributed by atoms with van der Waals surface area (Å²) < 4.78 is 14.5. The fourth-order valence-electron chi connectivity index (χ4n) is 1.78. The van der Waals surface area contributed by atoms with Gasteiger partial charge >= 0.3 is 5.97 Å². The Morgan fingerprint density at radius 2 is 2.18 bits per heavy atom. The monoisotopic (exact) mass is 326 g/mol. The molecule has 1 aromatic rings. The largest absolute Gasteiger partial charge is 0.464 e. The van der Waals surface area contributed by atoms with Crippen LogP contribution in [0.1, 0.15) is 31.4 Å². The first kappa shape index (κ1) is 16.4. The van der Waals surface area contributed by atoms with E-state index in [0.29, 0.717) is 25.5 Å². The van der Waals surface area contributed by atoms with Gasteiger partial charge in [-0.3, -0.25) is 9.59 Å². The zero-order chi connectivity index (χ0) is 16.1. The van der Waals surface area contributed by atoms with Crippen LogP contribution in [0.4, 0.5) is 0 Å². The molecular formula is C13H14N2O6S. The number of thioether (sulfide) groups is 1. The number of esters is 1. The molecule has 0 fully saturated rings. The van der Waals surface area contributed by atoms with Gasteiger partial charge in [0.2, 0.25) is 23.0 Å². The number of ketones is 2. The van der Waals surface area contributed by atoms with E-state index in [-0.39, 0.29) is 21.9 Å². The lowest BCUT2D eigenvalue weighted by Crippen LogP contribution is -2.18. The molecule has 0 spiro atoms. The van der Waals surface area contributed by atoms with Gasteiger partial charge < -0.3 is 19.7 Å². The summed E-state index contributed by atoms with van der Waals surface area (Å²) in [5, 5.41) is 3.45. The Morgan fingerprint density at radius 3 is 2.86 bits per heavy atom. The third kappa shape index (κ3) is 3.26. The number of allylic oxidation sites excluding steroid dienone is 2. The first-order valence-electron chi connectivity index (χ1n) is 6.39. The topological polar surface area (TPSA) is 122 Å². The van der Waals surface area contributed by atoms with E-state index >= 15 is 0 Å². The molecule has 1 aromatic heterocycles. The van der Waals surface area contributed by atoms with E-state index in [1.807, 2.05) is 0 Å². The average Bonchev–Trinajstić information content (AvgIpc) is 2.96. The third-order valence-corrected chi connectivity index (χ3v) is 3.74. The van der Waals surface area contributed by atoms with Crippen LogP contribution in [0.5, 0.6) is 0 Å². The second kappa shape index (κ2) is 7.34. The number of fused-ring (bicyclic) bond motifs is 1. The average molecular weight is 326 g/mol. The van der Waals surface area contributed by atoms with Gasteiger partial charge in [0.15, 0.2) is 0 Å². The molecule has 0 unspecified atom stereocenters. The van der Waals surface area contributed by atoms with E-state index < -0.39 is 17.5 Å². The molecule has 22 heavy (non-hydrogen) atoms. The molecule has 1 heterocycles. The van der Waals surface area contributed by atoms with Crippen molar-refractivity contribution in [2.75, 3.05) is 32.6 Å². The van der Waals surface area contributed by atoms with Crippen molar-refractivity contribution in [1.82, 2.24) is 5.16 Å². The van der Waals surface area contributed by atoms with Gasteiger partial charge in [-0.05, 0) is 0 Å². The molecule has 1 aliphatic carbocycles. The Balaban J connectivity index is 2.13. The number of nitrogens with zero attached hydrogens (tertiary/aromatic N) is 1. The maximum Gasteiger partial charge on any atom is 0.361 e. The Hall–Kier alpha value is -1.97. The lowest BCUT2D eigenvalue weighted by molar-refractivity contribution is 0.0586. The van der Waals surface area contributed by atoms with Crippen molar-refractivity contribution in [2.45, 2.75) is 0 Å². The number of aromatic nitrogens is 1. The summed E-state index contributed by atoms with van der Waals surface area (Å²) in [7, 11) is 1.15. The first-order valence-corrected chi connectivity index (χ1v) is 7.38. The van der Waals surface area contributed by atoms with E-state index in [4.69, 9.17) is 15.0 Å². The number of rotatable bonds is 7. The zero-order valence-electron chi connectivity index (χ0n) is 11.8. The van der Waals surface area contributed by atoms with Gasteiger partial charge in [-0.15, -0.1) is 11.8 Å². The van der Waals surface area contributed by atoms with Crippen molar-refractivity contribution >= 4 is 29.3 Å². The maximum atomic E-state index is 12.4. The number of ether oxygens (including phenoxy) is 2. The maximum absolute atomic E-state index is 12.4. The van der Waals surface area contributed by atoms with Crippen molar-refractivity contribution in [3.8, 4) is 0 Å². The standard InChI is InChI=1S/C13H14N2O6S/c1-19-13(18)10-9-11(17)8(22-5-4-20-3-2-14)6-7(16)12(9)21-15-10/h6H,2-5,14H2,1H3. The van der Waals surface area contributed by atoms with Crippen LogP contribution < -0.4 is 5.73 Å². The smallest absolute Gasteiger partial charge is 0.361 e. The Bertz CT molecular complexity index is 636. The van der Waals surface area contributed by atoms with Crippen molar-refractivity contribution in [2.24, 2.45) is 5.73 Å². The number of carbonyl (C=O) groups is 3. The molecular weight excluding hydrogens is 312 g/mol. The number of hydrogen-bond donors (Lipinski definition) is 1. The minimum Gasteiger partial charge on any atom is -0.464 e. The van der Waals surface area contributed by atoms with Crippen molar-refractivity contribution in [3.05, 3.63) is 28.0 Å². The Morgan fingerprint density at radius 1 is 1.41 bits per heavy atom. The highest BCUT2D eigenvalue weighted by Crippen LogP contribution is 2.30. The van der Waals surface area contributed by atoms with Crippen LogP contribution in [0.3, 0.4) is 0 Å². The van der Waals surface area contributed by atoms with Gasteiger partial charge in [0.05, 0.1) is 25.2 Å². The summed E-state index contributed by atoms with van der Waals surface area (Å²) in [5.74, 6) is -1.60. The van der Waals surface area contributed by atoms with Crippen molar-refractivity contribution in [1.29, 1.82) is 0 Å². The van der Waals surface area contributed by atoms with Gasteiger partial charge in [0.25, 0.3) is 0 Å². The molecule has 2 rings (SSSR count). The van der Waals surface area contributed by atoms with Crippen LogP contribution in [0.2, 0.25) is 0 Å². The lowest BCUT2D eigenvalue weighted by Gasteiger charge is -2.10. The summed E-state index contributed by atoms with van der Waals surface area (Å²) >= 11 is 1.16. The molecule has 8 nitrogen and oxygen atoms in total. The van der Waals surface area contributed by atoms with E-state index in [9.17, 15) is 14.4 Å². The summed E-state index contributed by atoms with van der Waals surface area (Å²) in [6, 6.07) is 0. The molecule has 118 valence electrons. The van der Waals surface area contributed by atoms with Gasteiger partial charge in [0, 0.05) is 18.4 Å². The molecule has 0 saturated carbocycles. The number of carbonyl (C=O) groups excluding carboxylic acids is 3. The quantitative estimate of drug-likeness (QED) is 0.561. The summed E-state index contributed by atoms with van der Waals surface area (Å²) in [4.78, 5) is 36.1. The zero-order valence-corrected chi connectivity index (χ0v) is 12.6. The number of hydrogen-bond acceptors (Lipinski definition) is 9. The molecule has 0 saturated heterocycles. The molecule has 0 atom stereocenters. The highest BCUT2D eigenvalue weighted by atomic mass is 32.2. The SMILES string of the molecule is COC(=O)c1noc2c1C(=O)C(SCCOCCN)=CC2=O. The fraction of sp³-hybridized carbons (Fsp3) is 0.385. The first-order chi connectivity index (χ1) is 10.6. The molecule has 0 amide bonds. The van der Waals surface area contributed by atoms with E-state index in [2.05, 4.69) is 9.89 Å². The van der Waals surface area contributed by atoms with Crippen LogP contribution in [0, 0.1) is 0 Å². The summed E-state index contributed by atoms with van der Waals surface area (Å²) in [6.07, 6.45) is 1.17. The predicted molar refractivity (Wildman–Crippen MR) is 76.9 cm³/mol. The van der Waals surface area contributed by atoms with Crippen LogP contribution in [0.15, 0.2) is 15.5 Å². The molecule has 0 radical (unpaired) electrons. The minimum absolute atomic E-state index is 0.148. The van der Waals surface area contributed by atoms with Crippen LogP contribution in [0.25, 0.3) is 0 Å². The number of nitrogens with two attached hydrogens (primary N) is 1. The second-order valence-corrected chi connectivity index (χ2v) is 5.32. The van der Waals surface area contributed by atoms with Crippen LogP contribution >= 0.6 is 11.8 Å². The third-order valence-electron chi connectivity index (χ3n) is 2.76. The Kier molecular flexibility index (Phi) is 5.47. The fourth-order valence-corrected chi connectivity index (χ4v) is 2.63. The highest BCUT2D eigenvalue weighted by Gasteiger charge is 2.36. The molecule has 2 N–H and O–H groups in total. The van der Waals surface area contributed by atoms with Gasteiger partial charge in [-0.1, -0.05) is 5.16 Å². The van der Waals surface area contributed by atoms with Crippen molar-refractivity contribution < 1.29 is 28.4 Å². The number of methoxy groups -OCH3 is 1. The Labute approximate surface area is 130 Å². The summed E-state index contributed by atoms with van der Waals surface area (Å²) in [6.45, 7) is 1.23. The lowest BCUT2D eigenvalue weighted by atomic mass is 10.00. The van der Waals surface area contributed by atoms with E-state index in [1.165, 1.54) is 6.08 Å². The predicted octanol–water partition coefficient (Wildman–Crippen LogP) is 0.433. The highest BCUT2D eigenvalue weighted by molar-refractivity contribution is 8.04. The molecule has 1 aliphatic rings. The second-order valence-electron chi connectivity index (χ2n) is 4.18. The molecule has 0 bridgehead atoms. The normalized spacial score (nSPS) is 13.8. The van der Waals surface area contributed by atoms with Crippen molar-refractivity contribution in [3.63, 3.8) is 0 Å². The molecule has 0 aliphatic heterocycles. The minimum atomic E-state index is -0.830. The van der Waals surface area contributed by atoms with Gasteiger partial charge in [-0.25, -0.2) is 4.79 Å². The van der Waals surface area contributed by atoms with E-state index in [0.717, 1.165) is 18.9 Å². The van der Waals surface area contributed by atoms with Gasteiger partial charge in [0.1, 0.15) is 5.56 Å². The molecule has 0 aromatic carbocycles. The van der Waals surface area contributed by atoms with Crippen LogP contribution in [-0.2, 0) is 9.47 Å². The van der Waals surface area contributed by atoms with E-state index in [1.54, 1.807) is 0 Å². The van der Waals surface area contributed by atoms with Crippen LogP contribution in [-0.4, -0.2) is 55.3 Å².